The second-order valence-electron chi connectivity index (χ2n) is 5.67. The molecule has 0 radical (unpaired) electrons. The Balaban J connectivity index is 1.88. The molecule has 1 unspecified atom stereocenters. The summed E-state index contributed by atoms with van der Waals surface area (Å²) >= 11 is 0. The van der Waals surface area contributed by atoms with Gasteiger partial charge < -0.3 is 10.4 Å². The van der Waals surface area contributed by atoms with Gasteiger partial charge in [0.05, 0.1) is 11.5 Å². The third-order valence-electron chi connectivity index (χ3n) is 3.87. The average molecular weight is 345 g/mol. The number of rotatable bonds is 4. The van der Waals surface area contributed by atoms with Gasteiger partial charge in [-0.15, -0.1) is 0 Å². The molecule has 1 atom stereocenters. The third kappa shape index (κ3) is 3.30. The van der Waals surface area contributed by atoms with Gasteiger partial charge in [-0.1, -0.05) is 36.4 Å². The number of nitrogens with one attached hydrogen (secondary N) is 1. The maximum atomic E-state index is 12.2. The summed E-state index contributed by atoms with van der Waals surface area (Å²) in [5.41, 5.74) is 1.97. The van der Waals surface area contributed by atoms with E-state index >= 15 is 0 Å². The van der Waals surface area contributed by atoms with Crippen LogP contribution in [0.3, 0.4) is 0 Å². The van der Waals surface area contributed by atoms with Crippen molar-refractivity contribution in [2.24, 2.45) is 0 Å². The zero-order valence-corrected chi connectivity index (χ0v) is 13.4. The highest BCUT2D eigenvalue weighted by atomic mass is 32.2. The van der Waals surface area contributed by atoms with E-state index in [9.17, 15) is 23.1 Å². The highest BCUT2D eigenvalue weighted by molar-refractivity contribution is 7.90. The number of carboxylic acid groups (broad SMARTS) is 1. The van der Waals surface area contributed by atoms with Crippen LogP contribution in [-0.2, 0) is 26.1 Å². The van der Waals surface area contributed by atoms with E-state index in [2.05, 4.69) is 5.32 Å². The Morgan fingerprint density at radius 1 is 1.00 bits per heavy atom. The van der Waals surface area contributed by atoms with E-state index in [4.69, 9.17) is 0 Å². The van der Waals surface area contributed by atoms with E-state index in [1.54, 1.807) is 48.5 Å². The largest absolute Gasteiger partial charge is 0.479 e. The highest BCUT2D eigenvalue weighted by Crippen LogP contribution is 2.28. The summed E-state index contributed by atoms with van der Waals surface area (Å²) in [4.78, 5) is 23.8. The SMILES string of the molecule is O=C(NC(C(=O)O)c1ccc2c(c1)CS(=O)(=O)C2)c1ccccc1. The summed E-state index contributed by atoms with van der Waals surface area (Å²) in [6.45, 7) is 0. The molecular formula is C17H15NO5S. The number of sulfone groups is 1. The Labute approximate surface area is 139 Å². The maximum Gasteiger partial charge on any atom is 0.330 e. The minimum atomic E-state index is -3.17. The van der Waals surface area contributed by atoms with Crippen LogP contribution in [0.25, 0.3) is 0 Å². The summed E-state index contributed by atoms with van der Waals surface area (Å²) in [5.74, 6) is -1.84. The van der Waals surface area contributed by atoms with Gasteiger partial charge in [0.25, 0.3) is 5.91 Å². The van der Waals surface area contributed by atoms with Crippen LogP contribution in [0.5, 0.6) is 0 Å². The average Bonchev–Trinajstić information content (AvgIpc) is 2.85. The number of aliphatic carboxylic acids is 1. The fourth-order valence-electron chi connectivity index (χ4n) is 2.72. The molecule has 2 N–H and O–H groups in total. The van der Waals surface area contributed by atoms with E-state index in [0.717, 1.165) is 0 Å². The van der Waals surface area contributed by atoms with Crippen molar-refractivity contribution in [3.8, 4) is 0 Å². The first-order valence-corrected chi connectivity index (χ1v) is 9.09. The molecule has 7 heteroatoms. The standard InChI is InChI=1S/C17H15NO5S/c19-16(11-4-2-1-3-5-11)18-15(17(20)21)12-6-7-13-9-24(22,23)10-14(13)8-12/h1-8,15H,9-10H2,(H,18,19)(H,20,21). The molecule has 1 aliphatic heterocycles. The molecule has 2 aromatic carbocycles. The van der Waals surface area contributed by atoms with E-state index in [-0.39, 0.29) is 11.5 Å². The Kier molecular flexibility index (Phi) is 4.11. The molecule has 0 saturated carbocycles. The van der Waals surface area contributed by atoms with Gasteiger partial charge in [0.2, 0.25) is 0 Å². The van der Waals surface area contributed by atoms with Crippen LogP contribution in [0, 0.1) is 0 Å². The molecule has 1 heterocycles. The van der Waals surface area contributed by atoms with Gasteiger partial charge >= 0.3 is 5.97 Å². The van der Waals surface area contributed by atoms with Gasteiger partial charge in [-0.3, -0.25) is 4.79 Å². The Hall–Kier alpha value is -2.67. The topological polar surface area (TPSA) is 101 Å². The number of hydrogen-bond acceptors (Lipinski definition) is 4. The van der Waals surface area contributed by atoms with E-state index < -0.39 is 27.8 Å². The highest BCUT2D eigenvalue weighted by Gasteiger charge is 2.28. The normalized spacial score (nSPS) is 16.2. The van der Waals surface area contributed by atoms with Crippen LogP contribution < -0.4 is 5.32 Å². The van der Waals surface area contributed by atoms with Crippen molar-refractivity contribution in [3.05, 3.63) is 70.8 Å². The monoisotopic (exact) mass is 345 g/mol. The Morgan fingerprint density at radius 3 is 2.33 bits per heavy atom. The lowest BCUT2D eigenvalue weighted by molar-refractivity contribution is -0.139. The first-order chi connectivity index (χ1) is 11.4. The molecule has 3 rings (SSSR count). The van der Waals surface area contributed by atoms with Gasteiger partial charge in [0.1, 0.15) is 0 Å². The van der Waals surface area contributed by atoms with E-state index in [1.165, 1.54) is 0 Å². The summed E-state index contributed by atoms with van der Waals surface area (Å²) in [7, 11) is -3.17. The van der Waals surface area contributed by atoms with E-state index in [0.29, 0.717) is 22.3 Å². The van der Waals surface area contributed by atoms with E-state index in [1.807, 2.05) is 0 Å². The number of carboxylic acids is 1. The molecule has 0 fully saturated rings. The molecule has 2 aromatic rings. The van der Waals surface area contributed by atoms with Crippen LogP contribution >= 0.6 is 0 Å². The van der Waals surface area contributed by atoms with Crippen molar-refractivity contribution in [3.63, 3.8) is 0 Å². The van der Waals surface area contributed by atoms with Gasteiger partial charge in [-0.05, 0) is 28.8 Å². The number of benzene rings is 2. The zero-order chi connectivity index (χ0) is 17.3. The molecule has 6 nitrogen and oxygen atoms in total. The fraction of sp³-hybridized carbons (Fsp3) is 0.176. The molecule has 0 aromatic heterocycles. The van der Waals surface area contributed by atoms with Crippen molar-refractivity contribution < 1.29 is 23.1 Å². The van der Waals surface area contributed by atoms with Crippen LogP contribution in [0.4, 0.5) is 0 Å². The summed E-state index contributed by atoms with van der Waals surface area (Å²) < 4.78 is 23.4. The molecular weight excluding hydrogens is 330 g/mol. The van der Waals surface area contributed by atoms with Gasteiger partial charge in [-0.2, -0.15) is 0 Å². The zero-order valence-electron chi connectivity index (χ0n) is 12.6. The summed E-state index contributed by atoms with van der Waals surface area (Å²) in [6, 6.07) is 11.8. The van der Waals surface area contributed by atoms with Crippen molar-refractivity contribution in [2.75, 3.05) is 0 Å². The number of amides is 1. The predicted molar refractivity (Wildman–Crippen MR) is 87.1 cm³/mol. The van der Waals surface area contributed by atoms with Crippen LogP contribution in [-0.4, -0.2) is 25.4 Å². The number of fused-ring (bicyclic) bond motifs is 1. The minimum absolute atomic E-state index is 0.0310. The smallest absolute Gasteiger partial charge is 0.330 e. The lowest BCUT2D eigenvalue weighted by atomic mass is 10.0. The lowest BCUT2D eigenvalue weighted by Crippen LogP contribution is -2.33. The first-order valence-electron chi connectivity index (χ1n) is 7.26. The van der Waals surface area contributed by atoms with Crippen molar-refractivity contribution in [1.82, 2.24) is 5.32 Å². The second-order valence-corrected chi connectivity index (χ2v) is 7.74. The Bertz CT molecular complexity index is 906. The molecule has 0 spiro atoms. The molecule has 124 valence electrons. The summed E-state index contributed by atoms with van der Waals surface area (Å²) in [6.07, 6.45) is 0. The van der Waals surface area contributed by atoms with Crippen LogP contribution in [0.15, 0.2) is 48.5 Å². The number of carbonyl (C=O) groups is 2. The van der Waals surface area contributed by atoms with Gasteiger partial charge in [0.15, 0.2) is 15.9 Å². The molecule has 24 heavy (non-hydrogen) atoms. The minimum Gasteiger partial charge on any atom is -0.479 e. The van der Waals surface area contributed by atoms with Crippen molar-refractivity contribution >= 4 is 21.7 Å². The van der Waals surface area contributed by atoms with Crippen LogP contribution in [0.1, 0.15) is 33.1 Å². The van der Waals surface area contributed by atoms with Crippen molar-refractivity contribution in [2.45, 2.75) is 17.5 Å². The Morgan fingerprint density at radius 2 is 1.67 bits per heavy atom. The number of hydrogen-bond donors (Lipinski definition) is 2. The molecule has 0 bridgehead atoms. The fourth-order valence-corrected chi connectivity index (χ4v) is 4.32. The molecule has 1 amide bonds. The third-order valence-corrected chi connectivity index (χ3v) is 5.37. The first kappa shape index (κ1) is 16.2. The predicted octanol–water partition coefficient (Wildman–Crippen LogP) is 1.67. The second kappa shape index (κ2) is 6.09. The van der Waals surface area contributed by atoms with Gasteiger partial charge in [0, 0.05) is 5.56 Å². The molecule has 0 saturated heterocycles. The number of carbonyl (C=O) groups excluding carboxylic acids is 1. The molecule has 1 aliphatic rings. The van der Waals surface area contributed by atoms with Crippen molar-refractivity contribution in [1.29, 1.82) is 0 Å². The van der Waals surface area contributed by atoms with Gasteiger partial charge in [-0.25, -0.2) is 13.2 Å². The van der Waals surface area contributed by atoms with Crippen LogP contribution in [0.2, 0.25) is 0 Å². The quantitative estimate of drug-likeness (QED) is 0.878. The summed E-state index contributed by atoms with van der Waals surface area (Å²) in [5, 5.41) is 11.9. The lowest BCUT2D eigenvalue weighted by Gasteiger charge is -2.16. The molecule has 0 aliphatic carbocycles. The maximum absolute atomic E-state index is 12.2.